The fraction of sp³-hybridized carbons (Fsp3) is 0.775. The van der Waals surface area contributed by atoms with Crippen molar-refractivity contribution in [2.24, 2.45) is 0 Å². The maximum Gasteiger partial charge on any atom is 0.222 e. The summed E-state index contributed by atoms with van der Waals surface area (Å²) in [6.07, 6.45) is 44.0. The molecule has 5 nitrogen and oxygen atoms in total. The van der Waals surface area contributed by atoms with E-state index in [2.05, 4.69) is 55.6 Å². The largest absolute Gasteiger partial charge is 0.394 e. The number of carbonyl (C=O) groups is 1. The molecular weight excluding hydrogens is 558 g/mol. The highest BCUT2D eigenvalue weighted by Gasteiger charge is 2.20. The third-order valence-corrected chi connectivity index (χ3v) is 8.32. The molecule has 0 aromatic rings. The minimum atomic E-state index is -0.963. The number of aliphatic hydroxyl groups is 3. The topological polar surface area (TPSA) is 89.8 Å². The number of hydrogen-bond acceptors (Lipinski definition) is 4. The zero-order chi connectivity index (χ0) is 33.1. The summed E-state index contributed by atoms with van der Waals surface area (Å²) in [5.74, 6) is -0.348. The van der Waals surface area contributed by atoms with E-state index in [0.29, 0.717) is 6.42 Å². The minimum Gasteiger partial charge on any atom is -0.394 e. The van der Waals surface area contributed by atoms with Crippen molar-refractivity contribution in [3.05, 3.63) is 48.6 Å². The van der Waals surface area contributed by atoms with Gasteiger partial charge in [-0.25, -0.2) is 0 Å². The van der Waals surface area contributed by atoms with Crippen LogP contribution < -0.4 is 5.32 Å². The average molecular weight is 632 g/mol. The highest BCUT2D eigenvalue weighted by Crippen LogP contribution is 2.13. The van der Waals surface area contributed by atoms with E-state index in [1.165, 1.54) is 96.3 Å². The standard InChI is InChI=1S/C40H73NO4/c1-3-5-7-9-11-13-14-15-16-17-18-19-20-21-22-23-24-25-26-28-30-32-34-39(44)38(36-42)41-40(45)35-37(43)33-31-29-27-12-10-8-6-4-2/h10,12,21-22,25-26,32,34,37-39,42-44H,3-9,11,13-20,23-24,27-31,33,35-36H2,1-2H3,(H,41,45)/b12-10-,22-21+,26-25+,34-32+. The number of carbonyl (C=O) groups excluding carboxylic acids is 1. The summed E-state index contributed by atoms with van der Waals surface area (Å²) in [7, 11) is 0. The van der Waals surface area contributed by atoms with Gasteiger partial charge in [-0.3, -0.25) is 4.79 Å². The predicted octanol–water partition coefficient (Wildman–Crippen LogP) is 10.2. The fourth-order valence-corrected chi connectivity index (χ4v) is 5.35. The summed E-state index contributed by atoms with van der Waals surface area (Å²) in [4.78, 5) is 12.3. The number of unbranched alkanes of at least 4 members (excludes halogenated alkanes) is 18. The van der Waals surface area contributed by atoms with E-state index in [-0.39, 0.29) is 18.9 Å². The van der Waals surface area contributed by atoms with Gasteiger partial charge in [0.15, 0.2) is 0 Å². The van der Waals surface area contributed by atoms with Crippen LogP contribution >= 0.6 is 0 Å². The van der Waals surface area contributed by atoms with E-state index >= 15 is 0 Å². The number of aliphatic hydroxyl groups excluding tert-OH is 3. The summed E-state index contributed by atoms with van der Waals surface area (Å²) in [5.41, 5.74) is 0. The fourth-order valence-electron chi connectivity index (χ4n) is 5.35. The van der Waals surface area contributed by atoms with Crippen molar-refractivity contribution in [1.29, 1.82) is 0 Å². The molecule has 4 N–H and O–H groups in total. The van der Waals surface area contributed by atoms with Crippen molar-refractivity contribution in [2.45, 2.75) is 193 Å². The second kappa shape index (κ2) is 35.2. The zero-order valence-electron chi connectivity index (χ0n) is 29.5. The van der Waals surface area contributed by atoms with Crippen LogP contribution in [0.15, 0.2) is 48.6 Å². The molecule has 1 amide bonds. The Bertz CT molecular complexity index is 745. The lowest BCUT2D eigenvalue weighted by Gasteiger charge is -2.20. The van der Waals surface area contributed by atoms with Gasteiger partial charge in [0.1, 0.15) is 0 Å². The van der Waals surface area contributed by atoms with Crippen LogP contribution in [0.2, 0.25) is 0 Å². The summed E-state index contributed by atoms with van der Waals surface area (Å²) in [6.45, 7) is 4.11. The number of hydrogen-bond donors (Lipinski definition) is 4. The highest BCUT2D eigenvalue weighted by molar-refractivity contribution is 5.76. The second-order valence-corrected chi connectivity index (χ2v) is 12.8. The van der Waals surface area contributed by atoms with Crippen LogP contribution in [0.25, 0.3) is 0 Å². The molecular formula is C40H73NO4. The van der Waals surface area contributed by atoms with Crippen molar-refractivity contribution in [2.75, 3.05) is 6.61 Å². The Labute approximate surface area is 278 Å². The molecule has 0 heterocycles. The summed E-state index contributed by atoms with van der Waals surface area (Å²) >= 11 is 0. The third kappa shape index (κ3) is 32.1. The summed E-state index contributed by atoms with van der Waals surface area (Å²) < 4.78 is 0. The molecule has 262 valence electrons. The van der Waals surface area contributed by atoms with Crippen LogP contribution in [0, 0.1) is 0 Å². The molecule has 0 saturated carbocycles. The maximum atomic E-state index is 12.3. The zero-order valence-corrected chi connectivity index (χ0v) is 29.5. The molecule has 0 aliphatic heterocycles. The first kappa shape index (κ1) is 43.3. The molecule has 0 aliphatic carbocycles. The van der Waals surface area contributed by atoms with E-state index in [4.69, 9.17) is 0 Å². The van der Waals surface area contributed by atoms with Gasteiger partial charge in [0, 0.05) is 0 Å². The van der Waals surface area contributed by atoms with Crippen molar-refractivity contribution in [1.82, 2.24) is 5.32 Å². The van der Waals surface area contributed by atoms with Gasteiger partial charge < -0.3 is 20.6 Å². The molecule has 0 radical (unpaired) electrons. The second-order valence-electron chi connectivity index (χ2n) is 12.8. The molecule has 0 bridgehead atoms. The van der Waals surface area contributed by atoms with Crippen LogP contribution in [0.1, 0.15) is 174 Å². The lowest BCUT2D eigenvalue weighted by molar-refractivity contribution is -0.124. The lowest BCUT2D eigenvalue weighted by atomic mass is 10.0. The van der Waals surface area contributed by atoms with E-state index in [0.717, 1.165) is 51.4 Å². The Kier molecular flexibility index (Phi) is 33.8. The Morgan fingerprint density at radius 3 is 1.49 bits per heavy atom. The molecule has 0 spiro atoms. The van der Waals surface area contributed by atoms with Gasteiger partial charge in [-0.2, -0.15) is 0 Å². The molecule has 3 unspecified atom stereocenters. The Morgan fingerprint density at radius 1 is 0.556 bits per heavy atom. The quantitative estimate of drug-likeness (QED) is 0.0429. The molecule has 3 atom stereocenters. The van der Waals surface area contributed by atoms with Gasteiger partial charge in [-0.15, -0.1) is 0 Å². The molecule has 45 heavy (non-hydrogen) atoms. The van der Waals surface area contributed by atoms with Crippen molar-refractivity contribution < 1.29 is 20.1 Å². The van der Waals surface area contributed by atoms with Crippen molar-refractivity contribution >= 4 is 5.91 Å². The predicted molar refractivity (Wildman–Crippen MR) is 194 cm³/mol. The van der Waals surface area contributed by atoms with Gasteiger partial charge in [-0.1, -0.05) is 152 Å². The first-order chi connectivity index (χ1) is 22.0. The number of allylic oxidation sites excluding steroid dienone is 7. The first-order valence-corrected chi connectivity index (χ1v) is 18.9. The molecule has 0 aromatic heterocycles. The van der Waals surface area contributed by atoms with Gasteiger partial charge in [0.25, 0.3) is 0 Å². The number of rotatable bonds is 33. The van der Waals surface area contributed by atoms with E-state index in [9.17, 15) is 20.1 Å². The number of nitrogens with one attached hydrogen (secondary N) is 1. The molecule has 0 rings (SSSR count). The smallest absolute Gasteiger partial charge is 0.222 e. The molecule has 5 heteroatoms. The third-order valence-electron chi connectivity index (χ3n) is 8.32. The maximum absolute atomic E-state index is 12.3. The van der Waals surface area contributed by atoms with Crippen LogP contribution in [-0.4, -0.2) is 46.1 Å². The van der Waals surface area contributed by atoms with Crippen LogP contribution in [-0.2, 0) is 4.79 Å². The van der Waals surface area contributed by atoms with Gasteiger partial charge in [-0.05, 0) is 64.2 Å². The van der Waals surface area contributed by atoms with Crippen LogP contribution in [0.4, 0.5) is 0 Å². The van der Waals surface area contributed by atoms with E-state index in [1.807, 2.05) is 6.08 Å². The van der Waals surface area contributed by atoms with Gasteiger partial charge >= 0.3 is 0 Å². The van der Waals surface area contributed by atoms with Gasteiger partial charge in [0.2, 0.25) is 5.91 Å². The molecule has 0 saturated heterocycles. The molecule has 0 fully saturated rings. The van der Waals surface area contributed by atoms with E-state index < -0.39 is 18.2 Å². The number of amides is 1. The lowest BCUT2D eigenvalue weighted by Crippen LogP contribution is -2.45. The normalized spacial score (nSPS) is 14.3. The summed E-state index contributed by atoms with van der Waals surface area (Å²) in [6, 6.07) is -0.772. The monoisotopic (exact) mass is 632 g/mol. The summed E-state index contributed by atoms with van der Waals surface area (Å²) in [5, 5.41) is 32.9. The minimum absolute atomic E-state index is 0.0152. The van der Waals surface area contributed by atoms with Gasteiger partial charge in [0.05, 0.1) is 31.3 Å². The van der Waals surface area contributed by atoms with E-state index in [1.54, 1.807) is 6.08 Å². The Morgan fingerprint density at radius 2 is 0.978 bits per heavy atom. The van der Waals surface area contributed by atoms with Crippen LogP contribution in [0.5, 0.6) is 0 Å². The Balaban J connectivity index is 3.78. The average Bonchev–Trinajstić information content (AvgIpc) is 3.03. The first-order valence-electron chi connectivity index (χ1n) is 18.9. The SMILES string of the molecule is CCCC/C=C\CCCCC(O)CC(=O)NC(CO)C(O)/C=C/CC/C=C/CC/C=C/CCCCCCCCCCCCCC. The highest BCUT2D eigenvalue weighted by atomic mass is 16.3. The molecule has 0 aliphatic rings. The van der Waals surface area contributed by atoms with Crippen LogP contribution in [0.3, 0.4) is 0 Å². The van der Waals surface area contributed by atoms with Crippen molar-refractivity contribution in [3.63, 3.8) is 0 Å². The van der Waals surface area contributed by atoms with Crippen molar-refractivity contribution in [3.8, 4) is 0 Å². The molecule has 0 aromatic carbocycles. The Hall–Kier alpha value is -1.69.